The fourth-order valence-electron chi connectivity index (χ4n) is 3.18. The molecule has 5 nitrogen and oxygen atoms in total. The second kappa shape index (κ2) is 10.3. The number of hydrogen-bond acceptors (Lipinski definition) is 4. The third-order valence-electron chi connectivity index (χ3n) is 5.13. The molecule has 0 aromatic heterocycles. The van der Waals surface area contributed by atoms with E-state index in [0.717, 1.165) is 18.8 Å². The van der Waals surface area contributed by atoms with E-state index in [0.29, 0.717) is 31.9 Å². The van der Waals surface area contributed by atoms with Crippen LogP contribution in [0.15, 0.2) is 24.3 Å². The average Bonchev–Trinajstić information content (AvgIpc) is 2.65. The van der Waals surface area contributed by atoms with Crippen molar-refractivity contribution in [3.05, 3.63) is 29.8 Å². The third-order valence-corrected chi connectivity index (χ3v) is 5.13. The zero-order valence-corrected chi connectivity index (χ0v) is 18.1. The van der Waals surface area contributed by atoms with Crippen LogP contribution in [-0.2, 0) is 14.9 Å². The highest BCUT2D eigenvalue weighted by molar-refractivity contribution is 5.85. The average molecular weight is 399 g/mol. The molecule has 1 aliphatic heterocycles. The van der Waals surface area contributed by atoms with Crippen LogP contribution in [0.3, 0.4) is 0 Å². The Morgan fingerprint density at radius 2 is 1.81 bits per heavy atom. The van der Waals surface area contributed by atoms with Crippen molar-refractivity contribution in [2.45, 2.75) is 51.6 Å². The van der Waals surface area contributed by atoms with Gasteiger partial charge in [0.1, 0.15) is 11.4 Å². The Hall–Kier alpha value is -1.30. The van der Waals surface area contributed by atoms with Crippen LogP contribution in [0.25, 0.3) is 0 Å². The maximum atomic E-state index is 12.7. The lowest BCUT2D eigenvalue weighted by atomic mass is 9.84. The van der Waals surface area contributed by atoms with E-state index in [9.17, 15) is 4.79 Å². The molecule has 0 bridgehead atoms. The molecule has 6 heteroatoms. The van der Waals surface area contributed by atoms with Crippen LogP contribution < -0.4 is 15.4 Å². The first kappa shape index (κ1) is 23.7. The lowest BCUT2D eigenvalue weighted by Crippen LogP contribution is -2.55. The summed E-state index contributed by atoms with van der Waals surface area (Å²) in [6.45, 7) is 11.4. The molecule has 1 fully saturated rings. The fourth-order valence-corrected chi connectivity index (χ4v) is 3.18. The van der Waals surface area contributed by atoms with E-state index in [1.165, 1.54) is 5.56 Å². The Kier molecular flexibility index (Phi) is 9.06. The van der Waals surface area contributed by atoms with Crippen LogP contribution in [0.5, 0.6) is 5.75 Å². The molecule has 0 atom stereocenters. The summed E-state index contributed by atoms with van der Waals surface area (Å²) in [6.07, 6.45) is 1.41. The Balaban J connectivity index is 0.00000364. The number of halogens is 1. The summed E-state index contributed by atoms with van der Waals surface area (Å²) in [5.74, 6) is 1.38. The normalized spacial score (nSPS) is 16.5. The first-order valence-electron chi connectivity index (χ1n) is 9.56. The van der Waals surface area contributed by atoms with Crippen molar-refractivity contribution in [2.75, 3.05) is 33.4 Å². The van der Waals surface area contributed by atoms with Gasteiger partial charge in [-0.2, -0.15) is 0 Å². The summed E-state index contributed by atoms with van der Waals surface area (Å²) in [5.41, 5.74) is 0.302. The van der Waals surface area contributed by atoms with Gasteiger partial charge in [-0.1, -0.05) is 39.8 Å². The second-order valence-electron chi connectivity index (χ2n) is 8.24. The van der Waals surface area contributed by atoms with E-state index in [4.69, 9.17) is 9.47 Å². The van der Waals surface area contributed by atoms with Crippen LogP contribution in [0, 0.1) is 5.92 Å². The summed E-state index contributed by atoms with van der Waals surface area (Å²) in [7, 11) is 1.63. The van der Waals surface area contributed by atoms with Gasteiger partial charge in [0.05, 0.1) is 6.61 Å². The van der Waals surface area contributed by atoms with Gasteiger partial charge >= 0.3 is 0 Å². The molecule has 1 amide bonds. The minimum atomic E-state index is -0.699. The van der Waals surface area contributed by atoms with Gasteiger partial charge in [-0.05, 0) is 49.5 Å². The molecule has 2 rings (SSSR count). The standard InChI is InChI=1S/C21H34N2O3.ClH/c1-16(2)14-26-18-8-6-17(7-9-18)20(3,4)15-23-19(24)21(25-5)10-12-22-13-11-21;/h6-9,16,22H,10-15H2,1-5H3,(H,23,24);1H. The van der Waals surface area contributed by atoms with Gasteiger partial charge in [-0.15, -0.1) is 12.4 Å². The zero-order valence-electron chi connectivity index (χ0n) is 17.3. The molecule has 0 saturated carbocycles. The molecule has 1 saturated heterocycles. The van der Waals surface area contributed by atoms with Gasteiger partial charge in [0.15, 0.2) is 0 Å². The van der Waals surface area contributed by atoms with Gasteiger partial charge in [0, 0.05) is 19.1 Å². The number of amides is 1. The van der Waals surface area contributed by atoms with E-state index in [-0.39, 0.29) is 23.7 Å². The molecular formula is C21H35ClN2O3. The Labute approximate surface area is 170 Å². The SMILES string of the molecule is COC1(C(=O)NCC(C)(C)c2ccc(OCC(C)C)cc2)CCNCC1.Cl. The predicted octanol–water partition coefficient (Wildman–Crippen LogP) is 3.31. The van der Waals surface area contributed by atoms with Gasteiger partial charge in [0.25, 0.3) is 5.91 Å². The molecule has 0 radical (unpaired) electrons. The predicted molar refractivity (Wildman–Crippen MR) is 112 cm³/mol. The molecule has 1 aromatic rings. The highest BCUT2D eigenvalue weighted by Gasteiger charge is 2.40. The molecule has 0 spiro atoms. The summed E-state index contributed by atoms with van der Waals surface area (Å²) >= 11 is 0. The minimum absolute atomic E-state index is 0. The van der Waals surface area contributed by atoms with Gasteiger partial charge < -0.3 is 20.1 Å². The monoisotopic (exact) mass is 398 g/mol. The highest BCUT2D eigenvalue weighted by atomic mass is 35.5. The van der Waals surface area contributed by atoms with Crippen molar-refractivity contribution in [2.24, 2.45) is 5.92 Å². The first-order chi connectivity index (χ1) is 12.3. The fraction of sp³-hybridized carbons (Fsp3) is 0.667. The van der Waals surface area contributed by atoms with E-state index in [2.05, 4.69) is 50.5 Å². The molecule has 0 unspecified atom stereocenters. The van der Waals surface area contributed by atoms with Crippen LogP contribution in [0.1, 0.15) is 46.1 Å². The van der Waals surface area contributed by atoms with E-state index >= 15 is 0 Å². The maximum absolute atomic E-state index is 12.7. The van der Waals surface area contributed by atoms with Crippen molar-refractivity contribution in [1.82, 2.24) is 10.6 Å². The molecule has 1 aliphatic rings. The molecule has 1 aromatic carbocycles. The summed E-state index contributed by atoms with van der Waals surface area (Å²) < 4.78 is 11.4. The van der Waals surface area contributed by atoms with Crippen molar-refractivity contribution >= 4 is 18.3 Å². The molecule has 154 valence electrons. The Morgan fingerprint density at radius 3 is 2.33 bits per heavy atom. The summed E-state index contributed by atoms with van der Waals surface area (Å²) in [4.78, 5) is 12.7. The number of carbonyl (C=O) groups is 1. The Morgan fingerprint density at radius 1 is 1.22 bits per heavy atom. The number of hydrogen-bond donors (Lipinski definition) is 2. The van der Waals surface area contributed by atoms with E-state index < -0.39 is 5.60 Å². The molecule has 1 heterocycles. The van der Waals surface area contributed by atoms with Gasteiger partial charge in [0.2, 0.25) is 0 Å². The Bertz CT molecular complexity index is 582. The number of piperidine rings is 1. The van der Waals surface area contributed by atoms with Crippen molar-refractivity contribution < 1.29 is 14.3 Å². The molecule has 27 heavy (non-hydrogen) atoms. The zero-order chi connectivity index (χ0) is 19.2. The number of benzene rings is 1. The maximum Gasteiger partial charge on any atom is 0.252 e. The quantitative estimate of drug-likeness (QED) is 0.705. The van der Waals surface area contributed by atoms with Crippen molar-refractivity contribution in [3.8, 4) is 5.75 Å². The lowest BCUT2D eigenvalue weighted by molar-refractivity contribution is -0.146. The lowest BCUT2D eigenvalue weighted by Gasteiger charge is -2.36. The number of carbonyl (C=O) groups excluding carboxylic acids is 1. The van der Waals surface area contributed by atoms with E-state index in [1.54, 1.807) is 7.11 Å². The molecule has 0 aliphatic carbocycles. The second-order valence-corrected chi connectivity index (χ2v) is 8.24. The largest absolute Gasteiger partial charge is 0.493 e. The third kappa shape index (κ3) is 6.37. The summed E-state index contributed by atoms with van der Waals surface area (Å²) in [6, 6.07) is 8.17. The highest BCUT2D eigenvalue weighted by Crippen LogP contribution is 2.27. The van der Waals surface area contributed by atoms with Gasteiger partial charge in [-0.25, -0.2) is 0 Å². The van der Waals surface area contributed by atoms with Crippen LogP contribution >= 0.6 is 12.4 Å². The van der Waals surface area contributed by atoms with E-state index in [1.807, 2.05) is 12.1 Å². The van der Waals surface area contributed by atoms with Crippen molar-refractivity contribution in [1.29, 1.82) is 0 Å². The topological polar surface area (TPSA) is 59.6 Å². The van der Waals surface area contributed by atoms with Gasteiger partial charge in [-0.3, -0.25) is 4.79 Å². The summed E-state index contributed by atoms with van der Waals surface area (Å²) in [5, 5.41) is 6.39. The number of methoxy groups -OCH3 is 1. The van der Waals surface area contributed by atoms with Crippen molar-refractivity contribution in [3.63, 3.8) is 0 Å². The molecular weight excluding hydrogens is 364 g/mol. The minimum Gasteiger partial charge on any atom is -0.493 e. The number of rotatable bonds is 8. The first-order valence-corrected chi connectivity index (χ1v) is 9.56. The smallest absolute Gasteiger partial charge is 0.252 e. The molecule has 2 N–H and O–H groups in total. The van der Waals surface area contributed by atoms with Crippen LogP contribution in [0.4, 0.5) is 0 Å². The number of nitrogens with one attached hydrogen (secondary N) is 2. The number of ether oxygens (including phenoxy) is 2. The van der Waals surface area contributed by atoms with Crippen LogP contribution in [-0.4, -0.2) is 44.9 Å². The van der Waals surface area contributed by atoms with Crippen LogP contribution in [0.2, 0.25) is 0 Å².